The van der Waals surface area contributed by atoms with Crippen LogP contribution in [0.4, 0.5) is 4.79 Å². The molecule has 2 fully saturated rings. The van der Waals surface area contributed by atoms with Gasteiger partial charge >= 0.3 is 12.1 Å². The molecule has 2 saturated heterocycles. The van der Waals surface area contributed by atoms with Gasteiger partial charge in [0.15, 0.2) is 0 Å². The molecule has 0 aliphatic carbocycles. The van der Waals surface area contributed by atoms with Crippen LogP contribution in [0.3, 0.4) is 0 Å². The van der Waals surface area contributed by atoms with E-state index in [1.807, 2.05) is 0 Å². The molecule has 12 nitrogen and oxygen atoms in total. The first-order chi connectivity index (χ1) is 16.8. The van der Waals surface area contributed by atoms with Crippen LogP contribution < -0.4 is 10.6 Å². The summed E-state index contributed by atoms with van der Waals surface area (Å²) in [6.45, 7) is 1.83. The molecular formula is C23H31N5O7. The Morgan fingerprint density at radius 2 is 1.86 bits per heavy atom. The van der Waals surface area contributed by atoms with Gasteiger partial charge in [-0.3, -0.25) is 24.3 Å². The summed E-state index contributed by atoms with van der Waals surface area (Å²) in [5.74, 6) is -2.63. The second-order valence-electron chi connectivity index (χ2n) is 8.65. The van der Waals surface area contributed by atoms with E-state index in [-0.39, 0.29) is 13.2 Å². The fraction of sp³-hybridized carbons (Fsp3) is 0.565. The van der Waals surface area contributed by atoms with Gasteiger partial charge in [-0.2, -0.15) is 0 Å². The van der Waals surface area contributed by atoms with Crippen LogP contribution in [0.1, 0.15) is 44.6 Å². The van der Waals surface area contributed by atoms with Gasteiger partial charge in [-0.05, 0) is 45.1 Å². The molecule has 12 heteroatoms. The zero-order chi connectivity index (χ0) is 25.4. The number of nitrogens with one attached hydrogen (secondary N) is 2. The summed E-state index contributed by atoms with van der Waals surface area (Å²) in [5.41, 5.74) is 0.724. The Morgan fingerprint density at radius 3 is 2.57 bits per heavy atom. The number of carbonyl (C=O) groups excluding carboxylic acids is 4. The quantitative estimate of drug-likeness (QED) is 0.469. The predicted octanol–water partition coefficient (Wildman–Crippen LogP) is 0.269. The first-order valence-corrected chi connectivity index (χ1v) is 11.7. The number of amides is 4. The number of piperidine rings is 1. The number of aliphatic carboxylic acids is 1. The second-order valence-corrected chi connectivity index (χ2v) is 8.65. The van der Waals surface area contributed by atoms with Crippen LogP contribution in [0.15, 0.2) is 24.5 Å². The van der Waals surface area contributed by atoms with Crippen LogP contribution in [-0.4, -0.2) is 87.4 Å². The van der Waals surface area contributed by atoms with E-state index in [2.05, 4.69) is 15.6 Å². The highest BCUT2D eigenvalue weighted by atomic mass is 16.6. The lowest BCUT2D eigenvalue weighted by molar-refractivity contribution is -0.148. The number of nitrogens with zero attached hydrogens (tertiary/aromatic N) is 3. The Hall–Kier alpha value is -3.70. The summed E-state index contributed by atoms with van der Waals surface area (Å²) in [4.78, 5) is 68.1. The number of hydrogen-bond donors (Lipinski definition) is 3. The van der Waals surface area contributed by atoms with Gasteiger partial charge in [0.25, 0.3) is 0 Å². The lowest BCUT2D eigenvalue weighted by Crippen LogP contribution is -2.56. The average molecular weight is 490 g/mol. The molecule has 3 rings (SSSR count). The molecule has 0 spiro atoms. The summed E-state index contributed by atoms with van der Waals surface area (Å²) in [7, 11) is 0. The lowest BCUT2D eigenvalue weighted by atomic mass is 10.0. The maximum absolute atomic E-state index is 12.9. The Balaban J connectivity index is 1.49. The SMILES string of the molecule is C[C@H](NC(=O)C1CCCCN1C(=O)OCc1cccnc1)C(=O)NCC(=O)N1CCC[C@H]1C(=O)O. The van der Waals surface area contributed by atoms with Crippen molar-refractivity contribution >= 4 is 29.8 Å². The molecule has 1 aromatic heterocycles. The summed E-state index contributed by atoms with van der Waals surface area (Å²) >= 11 is 0. The van der Waals surface area contributed by atoms with Crippen molar-refractivity contribution in [3.63, 3.8) is 0 Å². The number of aromatic nitrogens is 1. The van der Waals surface area contributed by atoms with Crippen molar-refractivity contribution in [3.8, 4) is 0 Å². The number of carbonyl (C=O) groups is 5. The van der Waals surface area contributed by atoms with E-state index >= 15 is 0 Å². The third kappa shape index (κ3) is 6.90. The highest BCUT2D eigenvalue weighted by Gasteiger charge is 2.36. The van der Waals surface area contributed by atoms with Crippen molar-refractivity contribution in [2.45, 2.75) is 63.8 Å². The van der Waals surface area contributed by atoms with Crippen molar-refractivity contribution in [2.24, 2.45) is 0 Å². The van der Waals surface area contributed by atoms with E-state index in [0.717, 1.165) is 18.4 Å². The minimum absolute atomic E-state index is 0.0318. The molecule has 2 aliphatic rings. The number of carboxylic acids is 1. The van der Waals surface area contributed by atoms with Crippen LogP contribution in [0.2, 0.25) is 0 Å². The zero-order valence-electron chi connectivity index (χ0n) is 19.6. The van der Waals surface area contributed by atoms with E-state index in [9.17, 15) is 29.1 Å². The maximum atomic E-state index is 12.9. The second kappa shape index (κ2) is 12.1. The average Bonchev–Trinajstić information content (AvgIpc) is 3.37. The van der Waals surface area contributed by atoms with E-state index in [0.29, 0.717) is 32.4 Å². The molecule has 0 saturated carbocycles. The number of rotatable bonds is 8. The largest absolute Gasteiger partial charge is 0.480 e. The van der Waals surface area contributed by atoms with Crippen LogP contribution in [-0.2, 0) is 30.5 Å². The standard InChI is InChI=1S/C23H31N5O7/c1-15(20(30)25-13-19(29)27-11-5-8-18(27)22(32)33)26-21(31)17-7-2-3-10-28(17)23(34)35-14-16-6-4-9-24-12-16/h4,6,9,12,15,17-18H,2-3,5,7-8,10-11,13-14H2,1H3,(H,25,30)(H,26,31)(H,32,33)/t15-,17?,18-/m0/s1. The maximum Gasteiger partial charge on any atom is 0.410 e. The highest BCUT2D eigenvalue weighted by molar-refractivity contribution is 5.93. The van der Waals surface area contributed by atoms with Crippen LogP contribution >= 0.6 is 0 Å². The first kappa shape index (κ1) is 25.9. The summed E-state index contributed by atoms with van der Waals surface area (Å²) in [5, 5.41) is 14.3. The minimum Gasteiger partial charge on any atom is -0.480 e. The number of hydrogen-bond acceptors (Lipinski definition) is 7. The summed E-state index contributed by atoms with van der Waals surface area (Å²) in [6.07, 6.45) is 5.47. The molecule has 3 heterocycles. The Morgan fingerprint density at radius 1 is 1.11 bits per heavy atom. The Labute approximate surface area is 203 Å². The van der Waals surface area contributed by atoms with E-state index < -0.39 is 47.9 Å². The number of carboxylic acid groups (broad SMARTS) is 1. The third-order valence-corrected chi connectivity index (χ3v) is 6.15. The molecule has 3 atom stereocenters. The van der Waals surface area contributed by atoms with E-state index in [4.69, 9.17) is 4.74 Å². The van der Waals surface area contributed by atoms with Gasteiger partial charge in [-0.15, -0.1) is 0 Å². The molecule has 0 aromatic carbocycles. The Bertz CT molecular complexity index is 941. The zero-order valence-corrected chi connectivity index (χ0v) is 19.6. The molecule has 3 N–H and O–H groups in total. The Kier molecular flexibility index (Phi) is 8.98. The number of ether oxygens (including phenoxy) is 1. The van der Waals surface area contributed by atoms with Gasteiger partial charge in [0.2, 0.25) is 17.7 Å². The van der Waals surface area contributed by atoms with Crippen molar-refractivity contribution in [2.75, 3.05) is 19.6 Å². The van der Waals surface area contributed by atoms with Gasteiger partial charge in [-0.25, -0.2) is 9.59 Å². The molecule has 0 bridgehead atoms. The first-order valence-electron chi connectivity index (χ1n) is 11.7. The molecule has 0 radical (unpaired) electrons. The van der Waals surface area contributed by atoms with Gasteiger partial charge in [0, 0.05) is 31.0 Å². The molecule has 190 valence electrons. The van der Waals surface area contributed by atoms with Crippen LogP contribution in [0.25, 0.3) is 0 Å². The minimum atomic E-state index is -1.07. The van der Waals surface area contributed by atoms with Gasteiger partial charge in [0.1, 0.15) is 24.7 Å². The van der Waals surface area contributed by atoms with Crippen molar-refractivity contribution in [1.29, 1.82) is 0 Å². The molecular weight excluding hydrogens is 458 g/mol. The van der Waals surface area contributed by atoms with Crippen molar-refractivity contribution < 1.29 is 33.8 Å². The fourth-order valence-electron chi connectivity index (χ4n) is 4.25. The molecule has 35 heavy (non-hydrogen) atoms. The smallest absolute Gasteiger partial charge is 0.410 e. The molecule has 2 aliphatic heterocycles. The van der Waals surface area contributed by atoms with Crippen molar-refractivity contribution in [3.05, 3.63) is 30.1 Å². The number of pyridine rings is 1. The van der Waals surface area contributed by atoms with Crippen LogP contribution in [0.5, 0.6) is 0 Å². The normalized spacial score (nSPS) is 20.6. The summed E-state index contributed by atoms with van der Waals surface area (Å²) < 4.78 is 5.34. The third-order valence-electron chi connectivity index (χ3n) is 6.15. The molecule has 4 amide bonds. The predicted molar refractivity (Wildman–Crippen MR) is 122 cm³/mol. The van der Waals surface area contributed by atoms with Gasteiger partial charge in [-0.1, -0.05) is 6.07 Å². The van der Waals surface area contributed by atoms with Crippen LogP contribution in [0, 0.1) is 0 Å². The lowest BCUT2D eigenvalue weighted by Gasteiger charge is -2.34. The monoisotopic (exact) mass is 489 g/mol. The molecule has 1 unspecified atom stereocenters. The van der Waals surface area contributed by atoms with E-state index in [1.165, 1.54) is 16.7 Å². The fourth-order valence-corrected chi connectivity index (χ4v) is 4.25. The van der Waals surface area contributed by atoms with E-state index in [1.54, 1.807) is 24.5 Å². The topological polar surface area (TPSA) is 158 Å². The van der Waals surface area contributed by atoms with Crippen molar-refractivity contribution in [1.82, 2.24) is 25.4 Å². The highest BCUT2D eigenvalue weighted by Crippen LogP contribution is 2.19. The number of likely N-dealkylation sites (tertiary alicyclic amines) is 2. The molecule has 1 aromatic rings. The van der Waals surface area contributed by atoms with Gasteiger partial charge in [0.05, 0.1) is 6.54 Å². The summed E-state index contributed by atoms with van der Waals surface area (Å²) in [6, 6.07) is 0.890. The van der Waals surface area contributed by atoms with Gasteiger partial charge < -0.3 is 25.4 Å².